The summed E-state index contributed by atoms with van der Waals surface area (Å²) in [6, 6.07) is 13.1. The van der Waals surface area contributed by atoms with Crippen LogP contribution in [-0.2, 0) is 22.6 Å². The molecular weight excluding hydrogens is 426 g/mol. The second-order valence-electron chi connectivity index (χ2n) is 7.26. The Morgan fingerprint density at radius 3 is 2.59 bits per heavy atom. The van der Waals surface area contributed by atoms with E-state index in [0.717, 1.165) is 16.8 Å². The van der Waals surface area contributed by atoms with E-state index < -0.39 is 0 Å². The molecule has 2 amide bonds. The number of methoxy groups -OCH3 is 1. The molecule has 0 saturated heterocycles. The fourth-order valence-corrected chi connectivity index (χ4v) is 4.02. The van der Waals surface area contributed by atoms with Crippen LogP contribution in [0, 0.1) is 13.8 Å². The van der Waals surface area contributed by atoms with Gasteiger partial charge in [0.15, 0.2) is 5.16 Å². The zero-order valence-electron chi connectivity index (χ0n) is 18.6. The lowest BCUT2D eigenvalue weighted by Crippen LogP contribution is -2.18. The molecule has 168 valence electrons. The Labute approximate surface area is 191 Å². The third kappa shape index (κ3) is 6.10. The van der Waals surface area contributed by atoms with Crippen molar-refractivity contribution in [3.05, 3.63) is 59.4 Å². The molecule has 32 heavy (non-hydrogen) atoms. The standard InChI is InChI=1S/C23H27N5O3S/c1-5-28-20(13-21(29)25-19-10-9-15(2)11-16(19)3)26-27-23(28)32-14-22(30)24-17-7-6-8-18(12-17)31-4/h6-12H,5,13-14H2,1-4H3,(H,24,30)(H,25,29). The van der Waals surface area contributed by atoms with Gasteiger partial charge >= 0.3 is 0 Å². The number of ether oxygens (including phenoxy) is 1. The van der Waals surface area contributed by atoms with Crippen LogP contribution in [0.2, 0.25) is 0 Å². The van der Waals surface area contributed by atoms with Gasteiger partial charge in [-0.05, 0) is 44.5 Å². The number of nitrogens with one attached hydrogen (secondary N) is 2. The smallest absolute Gasteiger partial charge is 0.234 e. The summed E-state index contributed by atoms with van der Waals surface area (Å²) in [5.41, 5.74) is 3.60. The number of carbonyl (C=O) groups excluding carboxylic acids is 2. The first-order chi connectivity index (χ1) is 15.4. The van der Waals surface area contributed by atoms with Gasteiger partial charge in [-0.1, -0.05) is 35.5 Å². The zero-order chi connectivity index (χ0) is 23.1. The predicted molar refractivity (Wildman–Crippen MR) is 126 cm³/mol. The molecular formula is C23H27N5O3S. The maximum Gasteiger partial charge on any atom is 0.234 e. The van der Waals surface area contributed by atoms with E-state index in [9.17, 15) is 9.59 Å². The van der Waals surface area contributed by atoms with Crippen molar-refractivity contribution >= 4 is 35.0 Å². The van der Waals surface area contributed by atoms with Crippen LogP contribution < -0.4 is 15.4 Å². The first kappa shape index (κ1) is 23.3. The summed E-state index contributed by atoms with van der Waals surface area (Å²) in [5.74, 6) is 1.08. The highest BCUT2D eigenvalue weighted by molar-refractivity contribution is 7.99. The second-order valence-corrected chi connectivity index (χ2v) is 8.20. The molecule has 0 aliphatic rings. The number of benzene rings is 2. The molecule has 0 atom stereocenters. The lowest BCUT2D eigenvalue weighted by Gasteiger charge is -2.10. The Kier molecular flexibility index (Phi) is 7.88. The first-order valence-corrected chi connectivity index (χ1v) is 11.2. The lowest BCUT2D eigenvalue weighted by molar-refractivity contribution is -0.116. The minimum absolute atomic E-state index is 0.102. The Morgan fingerprint density at radius 2 is 1.88 bits per heavy atom. The number of anilines is 2. The Morgan fingerprint density at radius 1 is 1.06 bits per heavy atom. The highest BCUT2D eigenvalue weighted by Crippen LogP contribution is 2.21. The molecule has 1 aromatic heterocycles. The fourth-order valence-electron chi connectivity index (χ4n) is 3.19. The Bertz CT molecular complexity index is 1110. The normalized spacial score (nSPS) is 10.6. The first-order valence-electron chi connectivity index (χ1n) is 10.3. The fraction of sp³-hybridized carbons (Fsp3) is 0.304. The van der Waals surface area contributed by atoms with Crippen molar-refractivity contribution in [1.82, 2.24) is 14.8 Å². The molecule has 2 aromatic carbocycles. The zero-order valence-corrected chi connectivity index (χ0v) is 19.5. The molecule has 8 nitrogen and oxygen atoms in total. The average Bonchev–Trinajstić information content (AvgIpc) is 3.15. The number of hydrogen-bond donors (Lipinski definition) is 2. The highest BCUT2D eigenvalue weighted by atomic mass is 32.2. The monoisotopic (exact) mass is 453 g/mol. The number of amides is 2. The molecule has 1 heterocycles. The van der Waals surface area contributed by atoms with Crippen molar-refractivity contribution in [2.75, 3.05) is 23.5 Å². The van der Waals surface area contributed by atoms with E-state index in [1.54, 1.807) is 19.2 Å². The SMILES string of the molecule is CCn1c(CC(=O)Nc2ccc(C)cc2C)nnc1SCC(=O)Nc1cccc(OC)c1. The number of thioether (sulfide) groups is 1. The molecule has 0 fully saturated rings. The average molecular weight is 454 g/mol. The van der Waals surface area contributed by atoms with Crippen molar-refractivity contribution in [2.45, 2.75) is 38.9 Å². The molecule has 0 bridgehead atoms. The van der Waals surface area contributed by atoms with Crippen LogP contribution >= 0.6 is 11.8 Å². The van der Waals surface area contributed by atoms with E-state index in [-0.39, 0.29) is 24.0 Å². The predicted octanol–water partition coefficient (Wildman–Crippen LogP) is 3.84. The van der Waals surface area contributed by atoms with Gasteiger partial charge in [-0.3, -0.25) is 9.59 Å². The van der Waals surface area contributed by atoms with Crippen LogP contribution in [0.3, 0.4) is 0 Å². The van der Waals surface area contributed by atoms with Gasteiger partial charge in [0.2, 0.25) is 11.8 Å². The van der Waals surface area contributed by atoms with Gasteiger partial charge in [-0.15, -0.1) is 10.2 Å². The molecule has 0 spiro atoms. The van der Waals surface area contributed by atoms with Gasteiger partial charge in [-0.25, -0.2) is 0 Å². The van der Waals surface area contributed by atoms with E-state index in [1.165, 1.54) is 11.8 Å². The molecule has 0 aliphatic carbocycles. The van der Waals surface area contributed by atoms with Crippen molar-refractivity contribution in [3.63, 3.8) is 0 Å². The van der Waals surface area contributed by atoms with Crippen LogP contribution in [0.25, 0.3) is 0 Å². The Hall–Kier alpha value is -3.33. The van der Waals surface area contributed by atoms with Crippen LogP contribution in [0.15, 0.2) is 47.6 Å². The number of aromatic nitrogens is 3. The van der Waals surface area contributed by atoms with Crippen molar-refractivity contribution in [1.29, 1.82) is 0 Å². The number of hydrogen-bond acceptors (Lipinski definition) is 6. The van der Waals surface area contributed by atoms with E-state index >= 15 is 0 Å². The summed E-state index contributed by atoms with van der Waals surface area (Å²) < 4.78 is 7.02. The van der Waals surface area contributed by atoms with Crippen molar-refractivity contribution in [2.24, 2.45) is 0 Å². The lowest BCUT2D eigenvalue weighted by atomic mass is 10.1. The largest absolute Gasteiger partial charge is 0.497 e. The second kappa shape index (κ2) is 10.8. The van der Waals surface area contributed by atoms with Crippen molar-refractivity contribution in [3.8, 4) is 5.75 Å². The van der Waals surface area contributed by atoms with E-state index in [0.29, 0.717) is 29.0 Å². The summed E-state index contributed by atoms with van der Waals surface area (Å²) in [7, 11) is 1.58. The number of carbonyl (C=O) groups is 2. The topological polar surface area (TPSA) is 98.1 Å². The van der Waals surface area contributed by atoms with E-state index in [4.69, 9.17) is 4.74 Å². The van der Waals surface area contributed by atoms with Crippen LogP contribution in [0.4, 0.5) is 11.4 Å². The summed E-state index contributed by atoms with van der Waals surface area (Å²) in [6.45, 7) is 6.52. The maximum absolute atomic E-state index is 12.5. The minimum Gasteiger partial charge on any atom is -0.497 e. The minimum atomic E-state index is -0.164. The van der Waals surface area contributed by atoms with Gasteiger partial charge in [0.05, 0.1) is 19.3 Å². The molecule has 0 saturated carbocycles. The maximum atomic E-state index is 12.5. The van der Waals surface area contributed by atoms with Gasteiger partial charge in [-0.2, -0.15) is 0 Å². The number of aryl methyl sites for hydroxylation is 2. The Balaban J connectivity index is 1.59. The quantitative estimate of drug-likeness (QED) is 0.478. The molecule has 2 N–H and O–H groups in total. The summed E-state index contributed by atoms with van der Waals surface area (Å²) >= 11 is 1.28. The van der Waals surface area contributed by atoms with Gasteiger partial charge in [0.1, 0.15) is 11.6 Å². The molecule has 3 rings (SSSR count). The number of rotatable bonds is 9. The van der Waals surface area contributed by atoms with Crippen LogP contribution in [0.5, 0.6) is 5.75 Å². The molecule has 0 radical (unpaired) electrons. The van der Waals surface area contributed by atoms with Crippen LogP contribution in [0.1, 0.15) is 23.9 Å². The van der Waals surface area contributed by atoms with Gasteiger partial charge in [0, 0.05) is 24.0 Å². The highest BCUT2D eigenvalue weighted by Gasteiger charge is 2.16. The molecule has 9 heteroatoms. The molecule has 3 aromatic rings. The molecule has 0 unspecified atom stereocenters. The third-order valence-corrected chi connectivity index (χ3v) is 5.74. The summed E-state index contributed by atoms with van der Waals surface area (Å²) in [6.07, 6.45) is 0.102. The van der Waals surface area contributed by atoms with Gasteiger partial charge in [0.25, 0.3) is 0 Å². The number of nitrogens with zero attached hydrogens (tertiary/aromatic N) is 3. The third-order valence-electron chi connectivity index (χ3n) is 4.77. The van der Waals surface area contributed by atoms with Crippen LogP contribution in [-0.4, -0.2) is 39.4 Å². The summed E-state index contributed by atoms with van der Waals surface area (Å²) in [5, 5.41) is 14.7. The van der Waals surface area contributed by atoms with Crippen molar-refractivity contribution < 1.29 is 14.3 Å². The molecule has 0 aliphatic heterocycles. The van der Waals surface area contributed by atoms with Gasteiger partial charge < -0.3 is 19.9 Å². The van der Waals surface area contributed by atoms with E-state index in [1.807, 2.05) is 55.7 Å². The summed E-state index contributed by atoms with van der Waals surface area (Å²) in [4.78, 5) is 24.9. The van der Waals surface area contributed by atoms with E-state index in [2.05, 4.69) is 20.8 Å².